The van der Waals surface area contributed by atoms with Crippen LogP contribution in [0.1, 0.15) is 37.1 Å². The van der Waals surface area contributed by atoms with E-state index in [1.807, 2.05) is 13.0 Å². The number of hydrogen-bond acceptors (Lipinski definition) is 5. The van der Waals surface area contributed by atoms with Gasteiger partial charge >= 0.3 is 5.97 Å². The Balaban J connectivity index is 2.01. The first-order valence-corrected chi connectivity index (χ1v) is 6.42. The highest BCUT2D eigenvalue weighted by atomic mass is 16.5. The molecule has 0 unspecified atom stereocenters. The van der Waals surface area contributed by atoms with Gasteiger partial charge in [0.05, 0.1) is 25.9 Å². The second-order valence-corrected chi connectivity index (χ2v) is 4.85. The van der Waals surface area contributed by atoms with Gasteiger partial charge in [-0.2, -0.15) is 0 Å². The van der Waals surface area contributed by atoms with Crippen molar-refractivity contribution in [1.29, 1.82) is 0 Å². The highest BCUT2D eigenvalue weighted by Gasteiger charge is 2.25. The molecule has 0 aliphatic heterocycles. The van der Waals surface area contributed by atoms with Gasteiger partial charge in [0.15, 0.2) is 5.76 Å². The van der Waals surface area contributed by atoms with Crippen LogP contribution < -0.4 is 0 Å². The summed E-state index contributed by atoms with van der Waals surface area (Å²) in [6.07, 6.45) is 4.75. The Morgan fingerprint density at radius 3 is 2.83 bits per heavy atom. The summed E-state index contributed by atoms with van der Waals surface area (Å²) in [4.78, 5) is 13.6. The van der Waals surface area contributed by atoms with Crippen molar-refractivity contribution in [3.05, 3.63) is 17.5 Å². The van der Waals surface area contributed by atoms with E-state index in [4.69, 9.17) is 9.26 Å². The summed E-state index contributed by atoms with van der Waals surface area (Å²) < 4.78 is 9.98. The maximum Gasteiger partial charge on any atom is 0.319 e. The van der Waals surface area contributed by atoms with Crippen molar-refractivity contribution < 1.29 is 14.1 Å². The quantitative estimate of drug-likeness (QED) is 0.749. The van der Waals surface area contributed by atoms with Crippen LogP contribution >= 0.6 is 0 Å². The molecule has 5 heteroatoms. The van der Waals surface area contributed by atoms with Crippen LogP contribution in [-0.4, -0.2) is 35.7 Å². The zero-order valence-corrected chi connectivity index (χ0v) is 11.0. The third-order valence-electron chi connectivity index (χ3n) is 3.44. The third-order valence-corrected chi connectivity index (χ3v) is 3.44. The zero-order chi connectivity index (χ0) is 13.0. The Morgan fingerprint density at radius 2 is 2.28 bits per heavy atom. The molecule has 1 aliphatic carbocycles. The Kier molecular flexibility index (Phi) is 4.36. The van der Waals surface area contributed by atoms with Gasteiger partial charge in [-0.3, -0.25) is 9.69 Å². The number of carbonyl (C=O) groups excluding carboxylic acids is 1. The van der Waals surface area contributed by atoms with Gasteiger partial charge in [-0.15, -0.1) is 0 Å². The van der Waals surface area contributed by atoms with Gasteiger partial charge in [0, 0.05) is 12.1 Å². The van der Waals surface area contributed by atoms with E-state index in [0.29, 0.717) is 19.1 Å². The molecule has 0 bridgehead atoms. The minimum Gasteiger partial charge on any atom is -0.468 e. The van der Waals surface area contributed by atoms with Crippen LogP contribution in [-0.2, 0) is 16.1 Å². The predicted octanol–water partition coefficient (Wildman–Crippen LogP) is 1.90. The van der Waals surface area contributed by atoms with Crippen LogP contribution in [0.3, 0.4) is 0 Å². The van der Waals surface area contributed by atoms with Crippen molar-refractivity contribution in [1.82, 2.24) is 10.1 Å². The average molecular weight is 252 g/mol. The highest BCUT2D eigenvalue weighted by molar-refractivity contribution is 5.71. The number of carbonyl (C=O) groups is 1. The molecule has 1 heterocycles. The predicted molar refractivity (Wildman–Crippen MR) is 65.9 cm³/mol. The van der Waals surface area contributed by atoms with E-state index >= 15 is 0 Å². The molecule has 0 amide bonds. The van der Waals surface area contributed by atoms with Crippen LogP contribution in [0.2, 0.25) is 0 Å². The Bertz CT molecular complexity index is 397. The highest BCUT2D eigenvalue weighted by Crippen LogP contribution is 2.25. The molecule has 1 aliphatic rings. The number of esters is 1. The number of aryl methyl sites for hydroxylation is 1. The van der Waals surface area contributed by atoms with Gasteiger partial charge in [0.2, 0.25) is 0 Å². The molecule has 1 saturated carbocycles. The maximum absolute atomic E-state index is 11.5. The monoisotopic (exact) mass is 252 g/mol. The molecule has 0 atom stereocenters. The second kappa shape index (κ2) is 6.00. The minimum absolute atomic E-state index is 0.196. The fourth-order valence-electron chi connectivity index (χ4n) is 2.50. The van der Waals surface area contributed by atoms with E-state index in [9.17, 15) is 4.79 Å². The van der Waals surface area contributed by atoms with Crippen molar-refractivity contribution in [3.8, 4) is 0 Å². The van der Waals surface area contributed by atoms with Crippen LogP contribution in [0.4, 0.5) is 0 Å². The van der Waals surface area contributed by atoms with Gasteiger partial charge in [-0.25, -0.2) is 0 Å². The van der Waals surface area contributed by atoms with E-state index in [2.05, 4.69) is 10.1 Å². The Labute approximate surface area is 107 Å². The van der Waals surface area contributed by atoms with Crippen molar-refractivity contribution >= 4 is 5.97 Å². The van der Waals surface area contributed by atoms with Gasteiger partial charge in [-0.05, 0) is 19.8 Å². The number of aromatic nitrogens is 1. The first-order valence-electron chi connectivity index (χ1n) is 6.42. The first-order chi connectivity index (χ1) is 8.69. The maximum atomic E-state index is 11.5. The molecular weight excluding hydrogens is 232 g/mol. The molecule has 5 nitrogen and oxygen atoms in total. The average Bonchev–Trinajstić information content (AvgIpc) is 2.99. The van der Waals surface area contributed by atoms with Crippen molar-refractivity contribution in [2.45, 2.75) is 45.2 Å². The molecular formula is C13H20N2O3. The zero-order valence-electron chi connectivity index (χ0n) is 11.0. The molecule has 18 heavy (non-hydrogen) atoms. The Morgan fingerprint density at radius 1 is 1.56 bits per heavy atom. The van der Waals surface area contributed by atoms with Gasteiger partial charge in [0.25, 0.3) is 0 Å². The van der Waals surface area contributed by atoms with Gasteiger partial charge < -0.3 is 9.26 Å². The summed E-state index contributed by atoms with van der Waals surface area (Å²) in [6, 6.07) is 2.37. The lowest BCUT2D eigenvalue weighted by Gasteiger charge is -2.26. The number of ether oxygens (including phenoxy) is 1. The van der Waals surface area contributed by atoms with E-state index in [0.717, 1.165) is 24.3 Å². The smallest absolute Gasteiger partial charge is 0.319 e. The van der Waals surface area contributed by atoms with Crippen molar-refractivity contribution in [2.75, 3.05) is 13.7 Å². The van der Waals surface area contributed by atoms with E-state index in [1.165, 1.54) is 20.0 Å². The molecule has 1 aromatic rings. The number of methoxy groups -OCH3 is 1. The van der Waals surface area contributed by atoms with Crippen molar-refractivity contribution in [2.24, 2.45) is 0 Å². The normalized spacial score (nSPS) is 16.4. The fraction of sp³-hybridized carbons (Fsp3) is 0.692. The summed E-state index contributed by atoms with van der Waals surface area (Å²) in [5, 5.41) is 3.88. The topological polar surface area (TPSA) is 55.6 Å². The lowest BCUT2D eigenvalue weighted by atomic mass is 10.2. The van der Waals surface area contributed by atoms with Crippen molar-refractivity contribution in [3.63, 3.8) is 0 Å². The van der Waals surface area contributed by atoms with E-state index in [1.54, 1.807) is 0 Å². The second-order valence-electron chi connectivity index (χ2n) is 4.85. The Hall–Kier alpha value is -1.36. The summed E-state index contributed by atoms with van der Waals surface area (Å²) in [6.45, 7) is 2.84. The van der Waals surface area contributed by atoms with Crippen LogP contribution in [0, 0.1) is 6.92 Å². The summed E-state index contributed by atoms with van der Waals surface area (Å²) in [5.74, 6) is 0.612. The number of rotatable bonds is 5. The molecule has 0 N–H and O–H groups in total. The molecule has 0 spiro atoms. The fourth-order valence-corrected chi connectivity index (χ4v) is 2.50. The molecule has 1 fully saturated rings. The molecule has 0 saturated heterocycles. The molecule has 2 rings (SSSR count). The van der Waals surface area contributed by atoms with Crippen LogP contribution in [0.15, 0.2) is 10.6 Å². The molecule has 0 aromatic carbocycles. The van der Waals surface area contributed by atoms with E-state index < -0.39 is 0 Å². The van der Waals surface area contributed by atoms with Gasteiger partial charge in [-0.1, -0.05) is 18.0 Å². The number of hydrogen-bond donors (Lipinski definition) is 0. The standard InChI is InChI=1S/C13H20N2O3/c1-10-7-12(18-14-10)8-15(9-13(16)17-2)11-5-3-4-6-11/h7,11H,3-6,8-9H2,1-2H3. The SMILES string of the molecule is COC(=O)CN(Cc1cc(C)no1)C1CCCC1. The molecule has 100 valence electrons. The summed E-state index contributed by atoms with van der Waals surface area (Å²) in [5.41, 5.74) is 0.870. The van der Waals surface area contributed by atoms with Crippen LogP contribution in [0.5, 0.6) is 0 Å². The largest absolute Gasteiger partial charge is 0.468 e. The summed E-state index contributed by atoms with van der Waals surface area (Å²) >= 11 is 0. The third kappa shape index (κ3) is 3.32. The minimum atomic E-state index is -0.196. The van der Waals surface area contributed by atoms with Gasteiger partial charge in [0.1, 0.15) is 0 Å². The summed E-state index contributed by atoms with van der Waals surface area (Å²) in [7, 11) is 1.42. The van der Waals surface area contributed by atoms with E-state index in [-0.39, 0.29) is 5.97 Å². The molecule has 1 aromatic heterocycles. The first kappa shape index (κ1) is 13.1. The molecule has 0 radical (unpaired) electrons. The van der Waals surface area contributed by atoms with Crippen LogP contribution in [0.25, 0.3) is 0 Å². The lowest BCUT2D eigenvalue weighted by molar-refractivity contribution is -0.142. The lowest BCUT2D eigenvalue weighted by Crippen LogP contribution is -2.37. The number of nitrogens with zero attached hydrogens (tertiary/aromatic N) is 2.